The molecule has 9 heteroatoms. The molecule has 1 saturated heterocycles. The van der Waals surface area contributed by atoms with Crippen molar-refractivity contribution in [1.29, 1.82) is 0 Å². The van der Waals surface area contributed by atoms with E-state index in [9.17, 15) is 9.59 Å². The number of aromatic amines is 1. The first-order chi connectivity index (χ1) is 12.2. The van der Waals surface area contributed by atoms with Crippen LogP contribution in [0.1, 0.15) is 35.8 Å². The molecule has 27 heavy (non-hydrogen) atoms. The highest BCUT2D eigenvalue weighted by atomic mass is 35.5. The number of H-pyrrole nitrogens is 1. The summed E-state index contributed by atoms with van der Waals surface area (Å²) in [5.41, 5.74) is 3.74. The number of anilines is 1. The lowest BCUT2D eigenvalue weighted by Gasteiger charge is -2.22. The van der Waals surface area contributed by atoms with Crippen molar-refractivity contribution in [3.05, 3.63) is 47.5 Å². The van der Waals surface area contributed by atoms with Gasteiger partial charge in [0.05, 0.1) is 12.0 Å². The third-order valence-electron chi connectivity index (χ3n) is 4.80. The number of carbonyl (C=O) groups excluding carboxylic acids is 2. The molecule has 2 amide bonds. The third kappa shape index (κ3) is 4.43. The number of aromatic nitrogens is 2. The number of fused-ring (bicyclic) bond motifs is 1. The molecule has 146 valence electrons. The maximum Gasteiger partial charge on any atom is 0.243 e. The minimum atomic E-state index is -0.406. The quantitative estimate of drug-likeness (QED) is 0.716. The molecule has 3 N–H and O–H groups in total. The number of rotatable bonds is 4. The van der Waals surface area contributed by atoms with Crippen molar-refractivity contribution < 1.29 is 9.59 Å². The van der Waals surface area contributed by atoms with Gasteiger partial charge in [-0.3, -0.25) is 9.59 Å². The molecule has 1 aromatic carbocycles. The van der Waals surface area contributed by atoms with E-state index in [0.29, 0.717) is 13.0 Å². The lowest BCUT2D eigenvalue weighted by molar-refractivity contribution is -0.123. The predicted octanol–water partition coefficient (Wildman–Crippen LogP) is 1.88. The molecule has 1 atom stereocenters. The summed E-state index contributed by atoms with van der Waals surface area (Å²) in [4.78, 5) is 33.4. The fourth-order valence-electron chi connectivity index (χ4n) is 3.44. The van der Waals surface area contributed by atoms with Gasteiger partial charge in [-0.15, -0.1) is 24.8 Å². The molecule has 0 spiro atoms. The van der Waals surface area contributed by atoms with Gasteiger partial charge in [0.1, 0.15) is 6.04 Å². The molecule has 0 bridgehead atoms. The van der Waals surface area contributed by atoms with Crippen molar-refractivity contribution in [3.8, 4) is 0 Å². The van der Waals surface area contributed by atoms with Gasteiger partial charge in [0.15, 0.2) is 0 Å². The molecule has 2 aromatic rings. The molecular formula is C18H23Cl2N5O2. The van der Waals surface area contributed by atoms with Crippen LogP contribution in [0.3, 0.4) is 0 Å². The minimum Gasteiger partial charge on any atom is -0.350 e. The van der Waals surface area contributed by atoms with E-state index < -0.39 is 6.04 Å². The fourth-order valence-corrected chi connectivity index (χ4v) is 3.44. The summed E-state index contributed by atoms with van der Waals surface area (Å²) in [6, 6.07) is 7.38. The third-order valence-corrected chi connectivity index (χ3v) is 4.80. The van der Waals surface area contributed by atoms with Gasteiger partial charge in [-0.2, -0.15) is 0 Å². The second-order valence-electron chi connectivity index (χ2n) is 6.44. The first kappa shape index (κ1) is 21.2. The zero-order valence-corrected chi connectivity index (χ0v) is 16.4. The number of nitrogens with one attached hydrogen (secondary N) is 3. The minimum absolute atomic E-state index is 0. The fraction of sp³-hybridized carbons (Fsp3) is 0.389. The molecule has 2 aliphatic heterocycles. The Morgan fingerprint density at radius 2 is 2.00 bits per heavy atom. The molecule has 1 aromatic heterocycles. The van der Waals surface area contributed by atoms with E-state index in [1.165, 1.54) is 0 Å². The smallest absolute Gasteiger partial charge is 0.243 e. The van der Waals surface area contributed by atoms with Gasteiger partial charge in [-0.05, 0) is 24.1 Å². The van der Waals surface area contributed by atoms with E-state index in [2.05, 4.69) is 20.6 Å². The Kier molecular flexibility index (Phi) is 7.24. The summed E-state index contributed by atoms with van der Waals surface area (Å²) in [6.45, 7) is 1.99. The molecule has 1 unspecified atom stereocenters. The van der Waals surface area contributed by atoms with Crippen LogP contribution in [0.4, 0.5) is 5.69 Å². The summed E-state index contributed by atoms with van der Waals surface area (Å²) in [6.07, 6.45) is 4.04. The number of nitrogens with zero attached hydrogens (tertiary/aromatic N) is 2. The number of hydrogen-bond donors (Lipinski definition) is 3. The molecule has 0 radical (unpaired) electrons. The Morgan fingerprint density at radius 1 is 1.22 bits per heavy atom. The Hall–Kier alpha value is -2.09. The average molecular weight is 412 g/mol. The number of imidazole rings is 1. The van der Waals surface area contributed by atoms with E-state index >= 15 is 0 Å². The van der Waals surface area contributed by atoms with Gasteiger partial charge in [0, 0.05) is 43.9 Å². The zero-order valence-electron chi connectivity index (χ0n) is 14.7. The molecule has 3 heterocycles. The van der Waals surface area contributed by atoms with Crippen LogP contribution in [0.15, 0.2) is 30.6 Å². The van der Waals surface area contributed by atoms with E-state index in [4.69, 9.17) is 0 Å². The van der Waals surface area contributed by atoms with Crippen molar-refractivity contribution in [1.82, 2.24) is 20.6 Å². The highest BCUT2D eigenvalue weighted by Gasteiger charge is 2.28. The van der Waals surface area contributed by atoms with Crippen LogP contribution in [-0.2, 0) is 22.6 Å². The van der Waals surface area contributed by atoms with E-state index in [0.717, 1.165) is 48.6 Å². The lowest BCUT2D eigenvalue weighted by atomic mass is 10.0. The zero-order chi connectivity index (χ0) is 17.2. The lowest BCUT2D eigenvalue weighted by Crippen LogP contribution is -2.41. The Balaban J connectivity index is 0.00000131. The van der Waals surface area contributed by atoms with Gasteiger partial charge >= 0.3 is 0 Å². The highest BCUT2D eigenvalue weighted by molar-refractivity contribution is 5.95. The topological polar surface area (TPSA) is 90.1 Å². The second-order valence-corrected chi connectivity index (χ2v) is 6.44. The van der Waals surface area contributed by atoms with Gasteiger partial charge in [-0.25, -0.2) is 4.98 Å². The first-order valence-electron chi connectivity index (χ1n) is 8.65. The van der Waals surface area contributed by atoms with Crippen LogP contribution < -0.4 is 15.5 Å². The van der Waals surface area contributed by atoms with Crippen molar-refractivity contribution in [2.24, 2.45) is 0 Å². The van der Waals surface area contributed by atoms with Crippen LogP contribution in [-0.4, -0.2) is 34.9 Å². The van der Waals surface area contributed by atoms with Crippen molar-refractivity contribution in [2.45, 2.75) is 31.8 Å². The maximum absolute atomic E-state index is 12.5. The van der Waals surface area contributed by atoms with Crippen LogP contribution in [0.5, 0.6) is 0 Å². The van der Waals surface area contributed by atoms with Crippen LogP contribution in [0.2, 0.25) is 0 Å². The standard InChI is InChI=1S/C18H21N5O2.2ClH/c24-15-2-1-9-23(15)13-5-3-12(4-6-13)10-20-18(25)17-16-14(7-8-19-17)21-11-22-16;;/h3-6,11,17,19H,1-2,7-10H2,(H,20,25)(H,21,22);2*1H. The van der Waals surface area contributed by atoms with Crippen LogP contribution in [0, 0.1) is 0 Å². The normalized spacial score (nSPS) is 18.3. The molecule has 0 aliphatic carbocycles. The molecule has 2 aliphatic rings. The largest absolute Gasteiger partial charge is 0.350 e. The van der Waals surface area contributed by atoms with Gasteiger partial charge in [0.2, 0.25) is 11.8 Å². The first-order valence-corrected chi connectivity index (χ1v) is 8.65. The summed E-state index contributed by atoms with van der Waals surface area (Å²) in [5, 5.41) is 6.17. The number of hydrogen-bond acceptors (Lipinski definition) is 4. The van der Waals surface area contributed by atoms with E-state index in [-0.39, 0.29) is 36.6 Å². The average Bonchev–Trinajstić information content (AvgIpc) is 3.28. The van der Waals surface area contributed by atoms with Crippen LogP contribution in [0.25, 0.3) is 0 Å². The monoisotopic (exact) mass is 411 g/mol. The molecule has 1 fully saturated rings. The van der Waals surface area contributed by atoms with Gasteiger partial charge in [-0.1, -0.05) is 12.1 Å². The van der Waals surface area contributed by atoms with Crippen molar-refractivity contribution >= 4 is 42.3 Å². The number of benzene rings is 1. The summed E-state index contributed by atoms with van der Waals surface area (Å²) in [5.74, 6) is 0.103. The second kappa shape index (κ2) is 9.21. The molecule has 4 rings (SSSR count). The van der Waals surface area contributed by atoms with Gasteiger partial charge in [0.25, 0.3) is 0 Å². The Labute approximate surface area is 170 Å². The number of amides is 2. The number of carbonyl (C=O) groups is 2. The van der Waals surface area contributed by atoms with Crippen molar-refractivity contribution in [3.63, 3.8) is 0 Å². The Morgan fingerprint density at radius 3 is 2.70 bits per heavy atom. The van der Waals surface area contributed by atoms with Gasteiger partial charge < -0.3 is 20.5 Å². The van der Waals surface area contributed by atoms with E-state index in [1.54, 1.807) is 6.33 Å². The Bertz CT molecular complexity index is 793. The molecular weight excluding hydrogens is 389 g/mol. The van der Waals surface area contributed by atoms with E-state index in [1.807, 2.05) is 29.2 Å². The number of halogens is 2. The maximum atomic E-state index is 12.5. The van der Waals surface area contributed by atoms with Crippen molar-refractivity contribution in [2.75, 3.05) is 18.0 Å². The highest BCUT2D eigenvalue weighted by Crippen LogP contribution is 2.22. The summed E-state index contributed by atoms with van der Waals surface area (Å²) >= 11 is 0. The SMILES string of the molecule is Cl.Cl.O=C(NCc1ccc(N2CCCC2=O)cc1)C1NCCc2[nH]cnc21. The predicted molar refractivity (Wildman–Crippen MR) is 107 cm³/mol. The summed E-state index contributed by atoms with van der Waals surface area (Å²) in [7, 11) is 0. The van der Waals surface area contributed by atoms with Crippen LogP contribution >= 0.6 is 24.8 Å². The molecule has 0 saturated carbocycles. The molecule has 7 nitrogen and oxygen atoms in total. The summed E-state index contributed by atoms with van der Waals surface area (Å²) < 4.78 is 0.